The highest BCUT2D eigenvalue weighted by atomic mass is 16.5. The molecule has 2 aromatic rings. The largest absolute Gasteiger partial charge is 0.493 e. The molecule has 2 aromatic carbocycles. The number of hydrogen-bond donors (Lipinski definition) is 1. The number of amides is 1. The molecule has 2 rings (SSSR count). The molecule has 0 bridgehead atoms. The summed E-state index contributed by atoms with van der Waals surface area (Å²) in [6, 6.07) is 13.6. The first-order valence-corrected chi connectivity index (χ1v) is 10.3. The summed E-state index contributed by atoms with van der Waals surface area (Å²) in [5.74, 6) is 2.36. The minimum Gasteiger partial charge on any atom is -0.493 e. The van der Waals surface area contributed by atoms with Gasteiger partial charge in [0.25, 0.3) is 5.91 Å². The SMILES string of the molecule is CCCOc1ccc(CNC(=O)C(C)Oc2ccccc2C(C)CC)cc1OC. The van der Waals surface area contributed by atoms with Gasteiger partial charge in [0.1, 0.15) is 5.75 Å². The van der Waals surface area contributed by atoms with Crippen LogP contribution in [-0.2, 0) is 11.3 Å². The van der Waals surface area contributed by atoms with Crippen LogP contribution in [0.25, 0.3) is 0 Å². The van der Waals surface area contributed by atoms with Crippen LogP contribution in [0.4, 0.5) is 0 Å². The Kier molecular flexibility index (Phi) is 8.84. The lowest BCUT2D eigenvalue weighted by Gasteiger charge is -2.20. The Morgan fingerprint density at radius 1 is 1.03 bits per heavy atom. The molecule has 29 heavy (non-hydrogen) atoms. The fourth-order valence-electron chi connectivity index (χ4n) is 2.94. The van der Waals surface area contributed by atoms with E-state index in [9.17, 15) is 4.79 Å². The number of nitrogens with one attached hydrogen (secondary N) is 1. The van der Waals surface area contributed by atoms with E-state index < -0.39 is 6.10 Å². The molecule has 0 heterocycles. The van der Waals surface area contributed by atoms with Gasteiger partial charge in [-0.2, -0.15) is 0 Å². The van der Waals surface area contributed by atoms with E-state index in [1.54, 1.807) is 14.0 Å². The van der Waals surface area contributed by atoms with E-state index >= 15 is 0 Å². The van der Waals surface area contributed by atoms with Crippen molar-refractivity contribution < 1.29 is 19.0 Å². The second-order valence-corrected chi connectivity index (χ2v) is 7.16. The number of methoxy groups -OCH3 is 1. The van der Waals surface area contributed by atoms with Crippen LogP contribution in [0.1, 0.15) is 57.6 Å². The van der Waals surface area contributed by atoms with Gasteiger partial charge in [-0.05, 0) is 55.0 Å². The van der Waals surface area contributed by atoms with E-state index in [4.69, 9.17) is 14.2 Å². The van der Waals surface area contributed by atoms with Gasteiger partial charge < -0.3 is 19.5 Å². The number of rotatable bonds is 11. The number of para-hydroxylation sites is 1. The lowest BCUT2D eigenvalue weighted by atomic mass is 9.98. The first-order chi connectivity index (χ1) is 14.0. The highest BCUT2D eigenvalue weighted by Gasteiger charge is 2.18. The maximum atomic E-state index is 12.5. The number of carbonyl (C=O) groups is 1. The first-order valence-electron chi connectivity index (χ1n) is 10.3. The molecule has 0 fully saturated rings. The highest BCUT2D eigenvalue weighted by Crippen LogP contribution is 2.30. The van der Waals surface area contributed by atoms with Gasteiger partial charge in [0.15, 0.2) is 17.6 Å². The summed E-state index contributed by atoms with van der Waals surface area (Å²) in [5.41, 5.74) is 2.06. The second kappa shape index (κ2) is 11.3. The molecular weight excluding hydrogens is 366 g/mol. The number of carbonyl (C=O) groups excluding carboxylic acids is 1. The van der Waals surface area contributed by atoms with Gasteiger partial charge in [0.2, 0.25) is 0 Å². The molecule has 158 valence electrons. The van der Waals surface area contributed by atoms with Crippen LogP contribution in [0.5, 0.6) is 17.2 Å². The summed E-state index contributed by atoms with van der Waals surface area (Å²) in [7, 11) is 1.61. The monoisotopic (exact) mass is 399 g/mol. The van der Waals surface area contributed by atoms with E-state index in [2.05, 4.69) is 32.2 Å². The molecule has 2 atom stereocenters. The summed E-state index contributed by atoms with van der Waals surface area (Å²) in [6.07, 6.45) is 1.36. The standard InChI is InChI=1S/C24H33NO4/c1-6-14-28-22-13-12-19(15-23(22)27-5)16-25-24(26)18(4)29-21-11-9-8-10-20(21)17(3)7-2/h8-13,15,17-18H,6-7,14,16H2,1-5H3,(H,25,26). The summed E-state index contributed by atoms with van der Waals surface area (Å²) < 4.78 is 17.0. The van der Waals surface area contributed by atoms with E-state index in [-0.39, 0.29) is 5.91 Å². The van der Waals surface area contributed by atoms with Crippen molar-refractivity contribution in [3.05, 3.63) is 53.6 Å². The zero-order chi connectivity index (χ0) is 21.2. The third kappa shape index (κ3) is 6.41. The van der Waals surface area contributed by atoms with Gasteiger partial charge >= 0.3 is 0 Å². The van der Waals surface area contributed by atoms with Crippen molar-refractivity contribution in [2.75, 3.05) is 13.7 Å². The van der Waals surface area contributed by atoms with Gasteiger partial charge in [-0.25, -0.2) is 0 Å². The van der Waals surface area contributed by atoms with E-state index in [0.717, 1.165) is 29.7 Å². The fraction of sp³-hybridized carbons (Fsp3) is 0.458. The van der Waals surface area contributed by atoms with Gasteiger partial charge in [-0.1, -0.05) is 45.0 Å². The predicted molar refractivity (Wildman–Crippen MR) is 116 cm³/mol. The molecule has 0 aliphatic heterocycles. The third-order valence-corrected chi connectivity index (χ3v) is 4.89. The Morgan fingerprint density at radius 3 is 2.48 bits per heavy atom. The van der Waals surface area contributed by atoms with E-state index in [1.165, 1.54) is 0 Å². The molecule has 0 aliphatic rings. The predicted octanol–water partition coefficient (Wildman–Crippen LogP) is 5.08. The highest BCUT2D eigenvalue weighted by molar-refractivity contribution is 5.80. The van der Waals surface area contributed by atoms with Crippen LogP contribution < -0.4 is 19.5 Å². The lowest BCUT2D eigenvalue weighted by Crippen LogP contribution is -2.36. The van der Waals surface area contributed by atoms with Gasteiger partial charge in [-0.15, -0.1) is 0 Å². The average molecular weight is 400 g/mol. The third-order valence-electron chi connectivity index (χ3n) is 4.89. The fourth-order valence-corrected chi connectivity index (χ4v) is 2.94. The maximum Gasteiger partial charge on any atom is 0.261 e. The molecular formula is C24H33NO4. The van der Waals surface area contributed by atoms with Gasteiger partial charge in [0, 0.05) is 6.54 Å². The molecule has 2 unspecified atom stereocenters. The maximum absolute atomic E-state index is 12.5. The summed E-state index contributed by atoms with van der Waals surface area (Å²) in [6.45, 7) is 9.16. The summed E-state index contributed by atoms with van der Waals surface area (Å²) >= 11 is 0. The smallest absolute Gasteiger partial charge is 0.261 e. The van der Waals surface area contributed by atoms with E-state index in [1.807, 2.05) is 36.4 Å². The van der Waals surface area contributed by atoms with Crippen LogP contribution in [0.3, 0.4) is 0 Å². The lowest BCUT2D eigenvalue weighted by molar-refractivity contribution is -0.127. The van der Waals surface area contributed by atoms with E-state index in [0.29, 0.717) is 30.6 Å². The van der Waals surface area contributed by atoms with Crippen molar-refractivity contribution in [3.63, 3.8) is 0 Å². The van der Waals surface area contributed by atoms with Crippen molar-refractivity contribution >= 4 is 5.91 Å². The van der Waals surface area contributed by atoms with Crippen molar-refractivity contribution in [2.45, 2.75) is 59.1 Å². The first kappa shape index (κ1) is 22.6. The Hall–Kier alpha value is -2.69. The quantitative estimate of drug-likeness (QED) is 0.572. The van der Waals surface area contributed by atoms with Crippen molar-refractivity contribution in [3.8, 4) is 17.2 Å². The second-order valence-electron chi connectivity index (χ2n) is 7.16. The zero-order valence-electron chi connectivity index (χ0n) is 18.2. The molecule has 1 N–H and O–H groups in total. The summed E-state index contributed by atoms with van der Waals surface area (Å²) in [5, 5.41) is 2.94. The Balaban J connectivity index is 1.97. The van der Waals surface area contributed by atoms with Crippen LogP contribution >= 0.6 is 0 Å². The zero-order valence-corrected chi connectivity index (χ0v) is 18.2. The molecule has 0 spiro atoms. The minimum absolute atomic E-state index is 0.158. The van der Waals surface area contributed by atoms with Crippen LogP contribution in [0, 0.1) is 0 Å². The number of benzene rings is 2. The van der Waals surface area contributed by atoms with Crippen LogP contribution in [0.2, 0.25) is 0 Å². The topological polar surface area (TPSA) is 56.8 Å². The Bertz CT molecular complexity index is 790. The normalized spacial score (nSPS) is 12.7. The van der Waals surface area contributed by atoms with Crippen LogP contribution in [-0.4, -0.2) is 25.7 Å². The minimum atomic E-state index is -0.589. The molecule has 0 aliphatic carbocycles. The summed E-state index contributed by atoms with van der Waals surface area (Å²) in [4.78, 5) is 12.5. The number of ether oxygens (including phenoxy) is 3. The van der Waals surface area contributed by atoms with Crippen LogP contribution in [0.15, 0.2) is 42.5 Å². The molecule has 1 amide bonds. The molecule has 0 aromatic heterocycles. The van der Waals surface area contributed by atoms with Crippen molar-refractivity contribution in [1.82, 2.24) is 5.32 Å². The van der Waals surface area contributed by atoms with Crippen molar-refractivity contribution in [2.24, 2.45) is 0 Å². The molecule has 0 radical (unpaired) electrons. The Labute approximate surface area is 174 Å². The molecule has 0 saturated carbocycles. The molecule has 5 nitrogen and oxygen atoms in total. The van der Waals surface area contributed by atoms with Gasteiger partial charge in [-0.3, -0.25) is 4.79 Å². The molecule has 5 heteroatoms. The Morgan fingerprint density at radius 2 is 1.79 bits per heavy atom. The van der Waals surface area contributed by atoms with Gasteiger partial charge in [0.05, 0.1) is 13.7 Å². The van der Waals surface area contributed by atoms with Crippen molar-refractivity contribution in [1.29, 1.82) is 0 Å². The molecule has 0 saturated heterocycles. The average Bonchev–Trinajstić information content (AvgIpc) is 2.75. The number of hydrogen-bond acceptors (Lipinski definition) is 4.